The van der Waals surface area contributed by atoms with Crippen LogP contribution in [0.15, 0.2) is 72.8 Å². The molecule has 26 heavy (non-hydrogen) atoms. The number of amides is 1. The molecule has 0 spiro atoms. The second-order valence-electron chi connectivity index (χ2n) is 5.89. The maximum absolute atomic E-state index is 12.8. The predicted octanol–water partition coefficient (Wildman–Crippen LogP) is 5.39. The molecule has 1 N–H and O–H groups in total. The minimum absolute atomic E-state index is 0.214. The minimum Gasteiger partial charge on any atom is -0.322 e. The van der Waals surface area contributed by atoms with Crippen LogP contribution >= 0.6 is 11.6 Å². The summed E-state index contributed by atoms with van der Waals surface area (Å²) in [6.07, 6.45) is 0.937. The maximum atomic E-state index is 12.8. The summed E-state index contributed by atoms with van der Waals surface area (Å²) in [5, 5.41) is 3.41. The highest BCUT2D eigenvalue weighted by Gasteiger charge is 2.18. The molecule has 0 saturated carbocycles. The van der Waals surface area contributed by atoms with Crippen LogP contribution in [0.2, 0.25) is 5.02 Å². The minimum atomic E-state index is -0.313. The summed E-state index contributed by atoms with van der Waals surface area (Å²) < 4.78 is 0. The summed E-state index contributed by atoms with van der Waals surface area (Å²) >= 11 is 5.88. The molecule has 0 radical (unpaired) electrons. The lowest BCUT2D eigenvalue weighted by molar-refractivity contribution is 0.0996. The van der Waals surface area contributed by atoms with Crippen LogP contribution in [0.5, 0.6) is 0 Å². The molecular formula is C22H18ClNO2. The van der Waals surface area contributed by atoms with Gasteiger partial charge >= 0.3 is 0 Å². The summed E-state index contributed by atoms with van der Waals surface area (Å²) in [4.78, 5) is 25.5. The van der Waals surface area contributed by atoms with Gasteiger partial charge in [-0.15, -0.1) is 0 Å². The maximum Gasteiger partial charge on any atom is 0.256 e. The molecule has 0 aliphatic carbocycles. The molecule has 0 saturated heterocycles. The smallest absolute Gasteiger partial charge is 0.256 e. The van der Waals surface area contributed by atoms with E-state index in [2.05, 4.69) is 12.2 Å². The highest BCUT2D eigenvalue weighted by Crippen LogP contribution is 2.19. The Morgan fingerprint density at radius 1 is 0.846 bits per heavy atom. The molecule has 0 aliphatic rings. The zero-order chi connectivity index (χ0) is 18.5. The number of nitrogens with one attached hydrogen (secondary N) is 1. The average molecular weight is 364 g/mol. The standard InChI is InChI=1S/C22H18ClNO2/c1-2-15-7-13-18(14-8-15)24-22(26)20-6-4-3-5-19(20)21(25)16-9-11-17(23)12-10-16/h3-14H,2H2,1H3,(H,24,26). The van der Waals surface area contributed by atoms with E-state index in [0.717, 1.165) is 6.42 Å². The van der Waals surface area contributed by atoms with Crippen molar-refractivity contribution in [2.45, 2.75) is 13.3 Å². The van der Waals surface area contributed by atoms with Gasteiger partial charge in [0.15, 0.2) is 5.78 Å². The summed E-state index contributed by atoms with van der Waals surface area (Å²) in [5.74, 6) is -0.527. The van der Waals surface area contributed by atoms with Crippen molar-refractivity contribution in [3.05, 3.63) is 100 Å². The zero-order valence-corrected chi connectivity index (χ0v) is 15.1. The van der Waals surface area contributed by atoms with Crippen molar-refractivity contribution in [2.75, 3.05) is 5.32 Å². The quantitative estimate of drug-likeness (QED) is 0.618. The van der Waals surface area contributed by atoms with Crippen LogP contribution < -0.4 is 5.32 Å². The largest absolute Gasteiger partial charge is 0.322 e. The molecule has 0 heterocycles. The normalized spacial score (nSPS) is 10.4. The van der Waals surface area contributed by atoms with E-state index in [0.29, 0.717) is 27.4 Å². The second kappa shape index (κ2) is 7.98. The average Bonchev–Trinajstić information content (AvgIpc) is 2.68. The third kappa shape index (κ3) is 4.01. The Balaban J connectivity index is 1.87. The first kappa shape index (κ1) is 17.9. The fourth-order valence-electron chi connectivity index (χ4n) is 2.66. The van der Waals surface area contributed by atoms with Crippen LogP contribution in [-0.2, 0) is 6.42 Å². The van der Waals surface area contributed by atoms with Crippen LogP contribution in [0.1, 0.15) is 38.8 Å². The monoisotopic (exact) mass is 363 g/mol. The highest BCUT2D eigenvalue weighted by molar-refractivity contribution is 6.30. The number of benzene rings is 3. The van der Waals surface area contributed by atoms with Gasteiger partial charge in [0.25, 0.3) is 5.91 Å². The molecular weight excluding hydrogens is 346 g/mol. The summed E-state index contributed by atoms with van der Waals surface area (Å²) in [6.45, 7) is 2.08. The predicted molar refractivity (Wildman–Crippen MR) is 105 cm³/mol. The van der Waals surface area contributed by atoms with Gasteiger partial charge in [-0.05, 0) is 54.4 Å². The first-order valence-electron chi connectivity index (χ1n) is 8.38. The number of anilines is 1. The van der Waals surface area contributed by atoms with E-state index in [9.17, 15) is 9.59 Å². The number of aryl methyl sites for hydroxylation is 1. The molecule has 3 rings (SSSR count). The van der Waals surface area contributed by atoms with Crippen molar-refractivity contribution in [2.24, 2.45) is 0 Å². The van der Waals surface area contributed by atoms with Crippen LogP contribution in [0, 0.1) is 0 Å². The van der Waals surface area contributed by atoms with E-state index in [-0.39, 0.29) is 11.7 Å². The molecule has 3 aromatic rings. The Labute approximate surface area is 157 Å². The van der Waals surface area contributed by atoms with Crippen molar-refractivity contribution >= 4 is 29.0 Å². The van der Waals surface area contributed by atoms with Crippen LogP contribution in [0.4, 0.5) is 5.69 Å². The van der Waals surface area contributed by atoms with Gasteiger partial charge in [0.05, 0.1) is 5.56 Å². The number of rotatable bonds is 5. The SMILES string of the molecule is CCc1ccc(NC(=O)c2ccccc2C(=O)c2ccc(Cl)cc2)cc1. The van der Waals surface area contributed by atoms with Gasteiger partial charge in [-0.2, -0.15) is 0 Å². The van der Waals surface area contributed by atoms with Crippen molar-refractivity contribution in [1.29, 1.82) is 0 Å². The van der Waals surface area contributed by atoms with Crippen molar-refractivity contribution in [3.8, 4) is 0 Å². The molecule has 130 valence electrons. The molecule has 3 nitrogen and oxygen atoms in total. The molecule has 0 bridgehead atoms. The van der Waals surface area contributed by atoms with Crippen LogP contribution in [0.3, 0.4) is 0 Å². The molecule has 0 unspecified atom stereocenters. The molecule has 4 heteroatoms. The summed E-state index contributed by atoms with van der Waals surface area (Å²) in [6, 6.07) is 21.1. The highest BCUT2D eigenvalue weighted by atomic mass is 35.5. The van der Waals surface area contributed by atoms with E-state index >= 15 is 0 Å². The zero-order valence-electron chi connectivity index (χ0n) is 14.3. The first-order chi connectivity index (χ1) is 12.6. The van der Waals surface area contributed by atoms with Gasteiger partial charge < -0.3 is 5.32 Å². The number of carbonyl (C=O) groups excluding carboxylic acids is 2. The lowest BCUT2D eigenvalue weighted by Gasteiger charge is -2.10. The third-order valence-electron chi connectivity index (χ3n) is 4.14. The van der Waals surface area contributed by atoms with Gasteiger partial charge in [-0.25, -0.2) is 0 Å². The van der Waals surface area contributed by atoms with Crippen LogP contribution in [-0.4, -0.2) is 11.7 Å². The van der Waals surface area contributed by atoms with Gasteiger partial charge in [0.1, 0.15) is 0 Å². The van der Waals surface area contributed by atoms with E-state index in [4.69, 9.17) is 11.6 Å². The van der Waals surface area contributed by atoms with E-state index in [1.54, 1.807) is 48.5 Å². The number of hydrogen-bond acceptors (Lipinski definition) is 2. The Hall–Kier alpha value is -2.91. The second-order valence-corrected chi connectivity index (χ2v) is 6.32. The van der Waals surface area contributed by atoms with Gasteiger partial charge in [0, 0.05) is 21.8 Å². The summed E-state index contributed by atoms with van der Waals surface area (Å²) in [7, 11) is 0. The van der Waals surface area contributed by atoms with Gasteiger partial charge in [0.2, 0.25) is 0 Å². The van der Waals surface area contributed by atoms with Crippen LogP contribution in [0.25, 0.3) is 0 Å². The van der Waals surface area contributed by atoms with Crippen molar-refractivity contribution in [3.63, 3.8) is 0 Å². The fourth-order valence-corrected chi connectivity index (χ4v) is 2.78. The van der Waals surface area contributed by atoms with E-state index in [1.807, 2.05) is 24.3 Å². The lowest BCUT2D eigenvalue weighted by atomic mass is 9.98. The number of halogens is 1. The number of hydrogen-bond donors (Lipinski definition) is 1. The van der Waals surface area contributed by atoms with E-state index < -0.39 is 0 Å². The fraction of sp³-hybridized carbons (Fsp3) is 0.0909. The Kier molecular flexibility index (Phi) is 5.49. The number of carbonyl (C=O) groups is 2. The summed E-state index contributed by atoms with van der Waals surface area (Å²) in [5.41, 5.74) is 3.08. The Morgan fingerprint density at radius 2 is 1.46 bits per heavy atom. The molecule has 0 atom stereocenters. The first-order valence-corrected chi connectivity index (χ1v) is 8.76. The Bertz CT molecular complexity index is 931. The molecule has 0 aromatic heterocycles. The molecule has 0 aliphatic heterocycles. The van der Waals surface area contributed by atoms with Gasteiger partial charge in [-0.3, -0.25) is 9.59 Å². The Morgan fingerprint density at radius 3 is 2.08 bits per heavy atom. The van der Waals surface area contributed by atoms with Crippen molar-refractivity contribution in [1.82, 2.24) is 0 Å². The number of ketones is 1. The van der Waals surface area contributed by atoms with Crippen molar-refractivity contribution < 1.29 is 9.59 Å². The lowest BCUT2D eigenvalue weighted by Crippen LogP contribution is -2.17. The van der Waals surface area contributed by atoms with Gasteiger partial charge in [-0.1, -0.05) is 48.9 Å². The topological polar surface area (TPSA) is 46.2 Å². The molecule has 0 fully saturated rings. The van der Waals surface area contributed by atoms with E-state index in [1.165, 1.54) is 5.56 Å². The molecule has 3 aromatic carbocycles. The molecule has 1 amide bonds. The third-order valence-corrected chi connectivity index (χ3v) is 4.39.